The van der Waals surface area contributed by atoms with Crippen LogP contribution in [0.4, 0.5) is 32.0 Å². The molecule has 0 radical (unpaired) electrons. The van der Waals surface area contributed by atoms with Gasteiger partial charge in [0.15, 0.2) is 5.69 Å². The van der Waals surface area contributed by atoms with Crippen molar-refractivity contribution in [1.82, 2.24) is 19.7 Å². The van der Waals surface area contributed by atoms with Crippen LogP contribution in [0.25, 0.3) is 16.5 Å². The van der Waals surface area contributed by atoms with Gasteiger partial charge in [-0.1, -0.05) is 36.4 Å². The van der Waals surface area contributed by atoms with Crippen LogP contribution in [0.15, 0.2) is 85.3 Å². The van der Waals surface area contributed by atoms with E-state index in [-0.39, 0.29) is 42.2 Å². The molecule has 0 saturated heterocycles. The zero-order valence-corrected chi connectivity index (χ0v) is 22.1. The van der Waals surface area contributed by atoms with E-state index in [4.69, 9.17) is 4.74 Å². The van der Waals surface area contributed by atoms with Gasteiger partial charge in [0, 0.05) is 41.0 Å². The number of ether oxygens (including phenoxy) is 1. The maximum atomic E-state index is 15.0. The van der Waals surface area contributed by atoms with Gasteiger partial charge in [0.25, 0.3) is 0 Å². The summed E-state index contributed by atoms with van der Waals surface area (Å²) in [5, 5.41) is 5.17. The lowest BCUT2D eigenvalue weighted by molar-refractivity contribution is -0.143. The molecule has 0 spiro atoms. The molecule has 3 aromatic heterocycles. The van der Waals surface area contributed by atoms with Gasteiger partial charge in [-0.05, 0) is 48.7 Å². The monoisotopic (exact) mass is 583 g/mol. The van der Waals surface area contributed by atoms with Crippen molar-refractivity contribution in [3.05, 3.63) is 108 Å². The maximum Gasteiger partial charge on any atom is 0.433 e. The number of hydrogen-bond acceptors (Lipinski definition) is 5. The predicted octanol–water partition coefficient (Wildman–Crippen LogP) is 7.56. The van der Waals surface area contributed by atoms with Crippen molar-refractivity contribution >= 4 is 16.5 Å². The van der Waals surface area contributed by atoms with Crippen LogP contribution >= 0.6 is 0 Å². The van der Waals surface area contributed by atoms with Gasteiger partial charge in [0.05, 0.1) is 24.5 Å². The van der Waals surface area contributed by atoms with E-state index in [1.807, 2.05) is 0 Å². The lowest BCUT2D eigenvalue weighted by Gasteiger charge is -2.35. The second-order valence-corrected chi connectivity index (χ2v) is 10.0. The lowest BCUT2D eigenvalue weighted by Crippen LogP contribution is -2.37. The fraction of sp³-hybridized carbons (Fsp3) is 0.233. The van der Waals surface area contributed by atoms with Crippen molar-refractivity contribution in [3.63, 3.8) is 0 Å². The molecule has 0 N–H and O–H groups in total. The molecule has 1 fully saturated rings. The average molecular weight is 584 g/mol. The van der Waals surface area contributed by atoms with E-state index in [9.17, 15) is 26.3 Å². The van der Waals surface area contributed by atoms with Gasteiger partial charge in [-0.25, -0.2) is 9.67 Å². The molecule has 1 aliphatic rings. The van der Waals surface area contributed by atoms with E-state index in [1.165, 1.54) is 31.6 Å². The molecule has 0 unspecified atom stereocenters. The molecular formula is C30H23F6N5O. The summed E-state index contributed by atoms with van der Waals surface area (Å²) in [5.41, 5.74) is -2.49. The first-order valence-corrected chi connectivity index (χ1v) is 13.0. The van der Waals surface area contributed by atoms with E-state index in [0.717, 1.165) is 22.5 Å². The number of pyridine rings is 2. The SMILES string of the molecule is COc1nccc2c(-n3ncc(C4(N(Cc5ccccc5)c5ccnc(C(F)(F)F)c5)CC4)c3C(F)(F)F)cccc12. The summed E-state index contributed by atoms with van der Waals surface area (Å²) < 4.78 is 92.0. The number of alkyl halides is 6. The molecule has 5 aromatic rings. The Morgan fingerprint density at radius 2 is 1.60 bits per heavy atom. The van der Waals surface area contributed by atoms with Gasteiger partial charge >= 0.3 is 12.4 Å². The standard InChI is InChI=1S/C30H23F6N5O/c1-42-27-22-8-5-9-24(21(22)11-15-38-27)41-26(30(34,35)36)23(17-39-41)28(12-13-28)40(18-19-6-3-2-4-7-19)20-10-14-37-25(16-20)29(31,32)33/h2-11,14-17H,12-13,18H2,1H3. The van der Waals surface area contributed by atoms with E-state index in [1.54, 1.807) is 53.4 Å². The van der Waals surface area contributed by atoms with Gasteiger partial charge < -0.3 is 9.64 Å². The van der Waals surface area contributed by atoms with Gasteiger partial charge in [0.1, 0.15) is 5.69 Å². The maximum absolute atomic E-state index is 15.0. The van der Waals surface area contributed by atoms with E-state index in [0.29, 0.717) is 10.8 Å². The Labute approximate surface area is 236 Å². The van der Waals surface area contributed by atoms with E-state index >= 15 is 0 Å². The van der Waals surface area contributed by atoms with Gasteiger partial charge in [-0.15, -0.1) is 0 Å². The summed E-state index contributed by atoms with van der Waals surface area (Å²) in [6.07, 6.45) is -5.36. The number of rotatable bonds is 7. The van der Waals surface area contributed by atoms with Crippen LogP contribution in [-0.2, 0) is 24.4 Å². The number of methoxy groups -OCH3 is 1. The Kier molecular flexibility index (Phi) is 6.58. The summed E-state index contributed by atoms with van der Waals surface area (Å²) in [5.74, 6) is 0.251. The first-order chi connectivity index (χ1) is 20.0. The number of benzene rings is 2. The topological polar surface area (TPSA) is 56.1 Å². The summed E-state index contributed by atoms with van der Waals surface area (Å²) >= 11 is 0. The molecule has 12 heteroatoms. The minimum atomic E-state index is -4.84. The van der Waals surface area contributed by atoms with Crippen molar-refractivity contribution < 1.29 is 31.1 Å². The largest absolute Gasteiger partial charge is 0.481 e. The minimum absolute atomic E-state index is 0.0712. The Bertz CT molecular complexity index is 1750. The third-order valence-corrected chi connectivity index (χ3v) is 7.48. The number of halogens is 6. The normalized spacial score (nSPS) is 14.6. The molecule has 42 heavy (non-hydrogen) atoms. The van der Waals surface area contributed by atoms with Crippen molar-refractivity contribution in [3.8, 4) is 11.6 Å². The van der Waals surface area contributed by atoms with Crippen molar-refractivity contribution in [2.75, 3.05) is 12.0 Å². The van der Waals surface area contributed by atoms with Crippen LogP contribution in [0, 0.1) is 0 Å². The van der Waals surface area contributed by atoms with Crippen LogP contribution < -0.4 is 9.64 Å². The molecule has 0 atom stereocenters. The van der Waals surface area contributed by atoms with Crippen molar-refractivity contribution in [1.29, 1.82) is 0 Å². The first kappa shape index (κ1) is 27.6. The summed E-state index contributed by atoms with van der Waals surface area (Å²) in [6, 6.07) is 17.5. The number of nitrogens with zero attached hydrogens (tertiary/aromatic N) is 5. The second-order valence-electron chi connectivity index (χ2n) is 10.0. The van der Waals surface area contributed by atoms with Gasteiger partial charge in [-0.2, -0.15) is 31.4 Å². The van der Waals surface area contributed by atoms with Crippen LogP contribution in [0.5, 0.6) is 5.88 Å². The Balaban J connectivity index is 1.54. The predicted molar refractivity (Wildman–Crippen MR) is 143 cm³/mol. The van der Waals surface area contributed by atoms with Gasteiger partial charge in [-0.3, -0.25) is 4.98 Å². The zero-order valence-electron chi connectivity index (χ0n) is 22.1. The number of hydrogen-bond donors (Lipinski definition) is 0. The van der Waals surface area contributed by atoms with E-state index < -0.39 is 29.3 Å². The highest BCUT2D eigenvalue weighted by atomic mass is 19.4. The summed E-state index contributed by atoms with van der Waals surface area (Å²) in [4.78, 5) is 9.20. The zero-order chi connectivity index (χ0) is 29.7. The Hall–Kier alpha value is -4.61. The molecule has 3 heterocycles. The fourth-order valence-corrected chi connectivity index (χ4v) is 5.46. The number of anilines is 1. The molecule has 0 aliphatic heterocycles. The summed E-state index contributed by atoms with van der Waals surface area (Å²) in [7, 11) is 1.42. The van der Waals surface area contributed by atoms with Crippen LogP contribution in [0.2, 0.25) is 0 Å². The van der Waals surface area contributed by atoms with Crippen LogP contribution in [0.3, 0.4) is 0 Å². The highest BCUT2D eigenvalue weighted by molar-refractivity contribution is 5.93. The van der Waals surface area contributed by atoms with E-state index in [2.05, 4.69) is 15.1 Å². The summed E-state index contributed by atoms with van der Waals surface area (Å²) in [6.45, 7) is 0.0712. The lowest BCUT2D eigenvalue weighted by atomic mass is 10.00. The van der Waals surface area contributed by atoms with Crippen LogP contribution in [-0.4, -0.2) is 26.9 Å². The average Bonchev–Trinajstić information content (AvgIpc) is 3.64. The van der Waals surface area contributed by atoms with Gasteiger partial charge in [0.2, 0.25) is 5.88 Å². The molecule has 0 bridgehead atoms. The van der Waals surface area contributed by atoms with Crippen molar-refractivity contribution in [2.45, 2.75) is 37.3 Å². The quantitative estimate of drug-likeness (QED) is 0.185. The smallest absolute Gasteiger partial charge is 0.433 e. The third-order valence-electron chi connectivity index (χ3n) is 7.48. The minimum Gasteiger partial charge on any atom is -0.481 e. The molecule has 6 nitrogen and oxygen atoms in total. The molecule has 6 rings (SSSR count). The first-order valence-electron chi connectivity index (χ1n) is 13.0. The third kappa shape index (κ3) is 4.80. The highest BCUT2D eigenvalue weighted by Crippen LogP contribution is 2.56. The second kappa shape index (κ2) is 10.0. The molecule has 1 saturated carbocycles. The number of aromatic nitrogens is 4. The Morgan fingerprint density at radius 3 is 2.26 bits per heavy atom. The van der Waals surface area contributed by atoms with Crippen molar-refractivity contribution in [2.24, 2.45) is 0 Å². The fourth-order valence-electron chi connectivity index (χ4n) is 5.46. The highest BCUT2D eigenvalue weighted by Gasteiger charge is 2.56. The number of fused-ring (bicyclic) bond motifs is 1. The molecule has 2 aromatic carbocycles. The molecular weight excluding hydrogens is 560 g/mol. The molecule has 0 amide bonds. The Morgan fingerprint density at radius 1 is 0.857 bits per heavy atom. The molecule has 216 valence electrons. The molecule has 1 aliphatic carbocycles. The van der Waals surface area contributed by atoms with Crippen LogP contribution in [0.1, 0.15) is 35.4 Å².